The lowest BCUT2D eigenvalue weighted by Gasteiger charge is -2.33. The smallest absolute Gasteiger partial charge is 0.225 e. The Morgan fingerprint density at radius 2 is 1.53 bits per heavy atom. The van der Waals surface area contributed by atoms with Crippen LogP contribution in [0.1, 0.15) is 70.6 Å². The van der Waals surface area contributed by atoms with Crippen LogP contribution in [0.25, 0.3) is 0 Å². The quantitative estimate of drug-likeness (QED) is 0.777. The second-order valence-electron chi connectivity index (χ2n) is 6.30. The Labute approximate surface area is 117 Å². The average Bonchev–Trinajstić information content (AvgIpc) is 2.83. The molecule has 19 heavy (non-hydrogen) atoms. The summed E-state index contributed by atoms with van der Waals surface area (Å²) < 4.78 is 0. The Hall–Kier alpha value is -0.570. The van der Waals surface area contributed by atoms with E-state index in [9.17, 15) is 4.79 Å². The van der Waals surface area contributed by atoms with Gasteiger partial charge in [0.2, 0.25) is 5.91 Å². The van der Waals surface area contributed by atoms with Gasteiger partial charge >= 0.3 is 0 Å². The van der Waals surface area contributed by atoms with Gasteiger partial charge in [-0.1, -0.05) is 38.5 Å². The van der Waals surface area contributed by atoms with Gasteiger partial charge in [0.25, 0.3) is 0 Å². The van der Waals surface area contributed by atoms with Crippen molar-refractivity contribution in [1.29, 1.82) is 0 Å². The van der Waals surface area contributed by atoms with Crippen LogP contribution in [0.2, 0.25) is 0 Å². The van der Waals surface area contributed by atoms with Crippen LogP contribution in [-0.2, 0) is 4.79 Å². The van der Waals surface area contributed by atoms with E-state index >= 15 is 0 Å². The van der Waals surface area contributed by atoms with Gasteiger partial charge in [0.1, 0.15) is 0 Å². The van der Waals surface area contributed by atoms with E-state index < -0.39 is 0 Å². The average molecular weight is 266 g/mol. The van der Waals surface area contributed by atoms with Crippen LogP contribution in [0.15, 0.2) is 0 Å². The number of rotatable bonds is 5. The van der Waals surface area contributed by atoms with E-state index in [2.05, 4.69) is 4.90 Å². The monoisotopic (exact) mass is 266 g/mol. The van der Waals surface area contributed by atoms with Crippen LogP contribution in [0.3, 0.4) is 0 Å². The zero-order valence-electron chi connectivity index (χ0n) is 12.3. The molecule has 0 bridgehead atoms. The summed E-state index contributed by atoms with van der Waals surface area (Å²) in [5, 5.41) is 0. The molecule has 0 heterocycles. The Balaban J connectivity index is 1.98. The number of carbonyl (C=O) groups excluding carboxylic acids is 1. The molecule has 1 amide bonds. The number of carbonyl (C=O) groups is 1. The van der Waals surface area contributed by atoms with Crippen molar-refractivity contribution in [1.82, 2.24) is 4.90 Å². The molecule has 0 aromatic rings. The summed E-state index contributed by atoms with van der Waals surface area (Å²) in [5.74, 6) is 0.763. The van der Waals surface area contributed by atoms with Crippen molar-refractivity contribution < 1.29 is 4.79 Å². The zero-order valence-corrected chi connectivity index (χ0v) is 12.3. The SMILES string of the molecule is NCCCN(C(=O)C1CCCC1)C1CCCCCC1. The maximum atomic E-state index is 12.7. The normalized spacial score (nSPS) is 22.4. The fourth-order valence-electron chi connectivity index (χ4n) is 3.71. The van der Waals surface area contributed by atoms with Crippen LogP contribution >= 0.6 is 0 Å². The number of hydrogen-bond acceptors (Lipinski definition) is 2. The molecule has 0 spiro atoms. The minimum absolute atomic E-state index is 0.320. The summed E-state index contributed by atoms with van der Waals surface area (Å²) in [6.07, 6.45) is 13.4. The molecular weight excluding hydrogens is 236 g/mol. The van der Waals surface area contributed by atoms with Crippen LogP contribution in [0.5, 0.6) is 0 Å². The molecule has 110 valence electrons. The van der Waals surface area contributed by atoms with Crippen molar-refractivity contribution in [2.75, 3.05) is 13.1 Å². The molecule has 0 unspecified atom stereocenters. The van der Waals surface area contributed by atoms with E-state index in [1.807, 2.05) is 0 Å². The van der Waals surface area contributed by atoms with E-state index in [4.69, 9.17) is 5.73 Å². The maximum Gasteiger partial charge on any atom is 0.225 e. The molecule has 2 rings (SSSR count). The van der Waals surface area contributed by atoms with Gasteiger partial charge in [0, 0.05) is 18.5 Å². The predicted molar refractivity (Wildman–Crippen MR) is 78.8 cm³/mol. The first kappa shape index (κ1) is 14.8. The van der Waals surface area contributed by atoms with Gasteiger partial charge in [0.15, 0.2) is 0 Å². The molecule has 2 saturated carbocycles. The molecule has 2 aliphatic carbocycles. The van der Waals surface area contributed by atoms with Crippen LogP contribution in [-0.4, -0.2) is 29.9 Å². The summed E-state index contributed by atoms with van der Waals surface area (Å²) in [6, 6.07) is 0.502. The highest BCUT2D eigenvalue weighted by Gasteiger charge is 2.31. The molecule has 0 radical (unpaired) electrons. The van der Waals surface area contributed by atoms with Crippen LogP contribution in [0.4, 0.5) is 0 Å². The largest absolute Gasteiger partial charge is 0.339 e. The van der Waals surface area contributed by atoms with Crippen molar-refractivity contribution in [2.45, 2.75) is 76.7 Å². The van der Waals surface area contributed by atoms with E-state index in [1.165, 1.54) is 51.4 Å². The molecule has 0 saturated heterocycles. The highest BCUT2D eigenvalue weighted by atomic mass is 16.2. The minimum atomic E-state index is 0.320. The molecule has 2 N–H and O–H groups in total. The van der Waals surface area contributed by atoms with E-state index in [0.717, 1.165) is 25.8 Å². The fourth-order valence-corrected chi connectivity index (χ4v) is 3.71. The molecule has 0 atom stereocenters. The second-order valence-corrected chi connectivity index (χ2v) is 6.30. The van der Waals surface area contributed by atoms with Crippen molar-refractivity contribution in [2.24, 2.45) is 11.7 Å². The van der Waals surface area contributed by atoms with Gasteiger partial charge in [-0.05, 0) is 38.6 Å². The van der Waals surface area contributed by atoms with Gasteiger partial charge in [-0.25, -0.2) is 0 Å². The third kappa shape index (κ3) is 4.20. The second kappa shape index (κ2) is 7.88. The van der Waals surface area contributed by atoms with Crippen molar-refractivity contribution in [3.8, 4) is 0 Å². The van der Waals surface area contributed by atoms with Crippen molar-refractivity contribution in [3.63, 3.8) is 0 Å². The summed E-state index contributed by atoms with van der Waals surface area (Å²) in [4.78, 5) is 15.0. The standard InChI is InChI=1S/C16H30N2O/c17-12-7-13-18(15-10-3-1-2-4-11-15)16(19)14-8-5-6-9-14/h14-15H,1-13,17H2. The molecule has 0 aromatic carbocycles. The number of hydrogen-bond donors (Lipinski definition) is 1. The third-order valence-corrected chi connectivity index (χ3v) is 4.86. The van der Waals surface area contributed by atoms with Gasteiger partial charge in [0.05, 0.1) is 0 Å². The van der Waals surface area contributed by atoms with Gasteiger partial charge in [-0.2, -0.15) is 0 Å². The fraction of sp³-hybridized carbons (Fsp3) is 0.938. The number of amides is 1. The Morgan fingerprint density at radius 1 is 0.947 bits per heavy atom. The van der Waals surface area contributed by atoms with Gasteiger partial charge < -0.3 is 10.6 Å². The predicted octanol–water partition coefficient (Wildman–Crippen LogP) is 3.08. The molecule has 0 aliphatic heterocycles. The topological polar surface area (TPSA) is 46.3 Å². The molecule has 2 aliphatic rings. The highest BCUT2D eigenvalue weighted by molar-refractivity contribution is 5.79. The molecule has 2 fully saturated rings. The summed E-state index contributed by atoms with van der Waals surface area (Å²) in [5.41, 5.74) is 5.65. The molecule has 3 heteroatoms. The first-order chi connectivity index (χ1) is 9.33. The van der Waals surface area contributed by atoms with E-state index in [-0.39, 0.29) is 0 Å². The minimum Gasteiger partial charge on any atom is -0.339 e. The van der Waals surface area contributed by atoms with E-state index in [1.54, 1.807) is 0 Å². The maximum absolute atomic E-state index is 12.7. The Kier molecular flexibility index (Phi) is 6.15. The zero-order chi connectivity index (χ0) is 13.5. The van der Waals surface area contributed by atoms with Crippen LogP contribution < -0.4 is 5.73 Å². The first-order valence-corrected chi connectivity index (χ1v) is 8.33. The molecular formula is C16H30N2O. The summed E-state index contributed by atoms with van der Waals surface area (Å²) >= 11 is 0. The Bertz CT molecular complexity index is 266. The summed E-state index contributed by atoms with van der Waals surface area (Å²) in [6.45, 7) is 1.58. The van der Waals surface area contributed by atoms with E-state index in [0.29, 0.717) is 24.4 Å². The van der Waals surface area contributed by atoms with Gasteiger partial charge in [-0.15, -0.1) is 0 Å². The third-order valence-electron chi connectivity index (χ3n) is 4.86. The first-order valence-electron chi connectivity index (χ1n) is 8.33. The lowest BCUT2D eigenvalue weighted by Crippen LogP contribution is -2.44. The summed E-state index contributed by atoms with van der Waals surface area (Å²) in [7, 11) is 0. The lowest BCUT2D eigenvalue weighted by atomic mass is 10.0. The lowest BCUT2D eigenvalue weighted by molar-refractivity contribution is -0.138. The van der Waals surface area contributed by atoms with Crippen LogP contribution in [0, 0.1) is 5.92 Å². The number of nitrogens with two attached hydrogens (primary N) is 1. The Morgan fingerprint density at radius 3 is 2.11 bits per heavy atom. The molecule has 0 aromatic heterocycles. The van der Waals surface area contributed by atoms with Gasteiger partial charge in [-0.3, -0.25) is 4.79 Å². The molecule has 3 nitrogen and oxygen atoms in total. The highest BCUT2D eigenvalue weighted by Crippen LogP contribution is 2.30. The number of nitrogens with zero attached hydrogens (tertiary/aromatic N) is 1. The van der Waals surface area contributed by atoms with Crippen molar-refractivity contribution >= 4 is 5.91 Å². The van der Waals surface area contributed by atoms with Crippen molar-refractivity contribution in [3.05, 3.63) is 0 Å².